The van der Waals surface area contributed by atoms with Crippen molar-refractivity contribution in [1.29, 1.82) is 0 Å². The van der Waals surface area contributed by atoms with E-state index in [1.165, 1.54) is 22.9 Å². The molecule has 1 aromatic heterocycles. The Hall–Kier alpha value is -3.04. The number of hydrogen-bond donors (Lipinski definition) is 3. The van der Waals surface area contributed by atoms with Crippen molar-refractivity contribution in [1.82, 2.24) is 15.1 Å². The van der Waals surface area contributed by atoms with Crippen LogP contribution in [0.2, 0.25) is 0 Å². The number of nitrogens with one attached hydrogen (secondary N) is 1. The van der Waals surface area contributed by atoms with Crippen LogP contribution in [-0.2, 0) is 4.79 Å². The van der Waals surface area contributed by atoms with Crippen LogP contribution in [0.15, 0.2) is 30.3 Å². The molecular formula is C26H33FN3O5-. The number of aliphatic hydroxyl groups is 2. The zero-order valence-electron chi connectivity index (χ0n) is 20.1. The van der Waals surface area contributed by atoms with Gasteiger partial charge < -0.3 is 25.4 Å². The molecule has 0 spiro atoms. The minimum absolute atomic E-state index is 0.0956. The lowest BCUT2D eigenvalue weighted by molar-refractivity contribution is -0.307. The van der Waals surface area contributed by atoms with Crippen molar-refractivity contribution in [3.63, 3.8) is 0 Å². The van der Waals surface area contributed by atoms with Gasteiger partial charge in [0.1, 0.15) is 5.82 Å². The normalized spacial score (nSPS) is 16.5. The number of carboxylic acid groups (broad SMARTS) is 1. The molecule has 9 heteroatoms. The Kier molecular flexibility index (Phi) is 9.17. The highest BCUT2D eigenvalue weighted by Gasteiger charge is 2.27. The first kappa shape index (κ1) is 26.6. The number of aromatic nitrogens is 2. The number of aliphatic carboxylic acids is 1. The molecule has 1 heterocycles. The van der Waals surface area contributed by atoms with E-state index in [4.69, 9.17) is 0 Å². The van der Waals surface area contributed by atoms with Gasteiger partial charge in [-0.05, 0) is 49.1 Å². The Morgan fingerprint density at radius 3 is 2.46 bits per heavy atom. The summed E-state index contributed by atoms with van der Waals surface area (Å²) in [7, 11) is 0. The summed E-state index contributed by atoms with van der Waals surface area (Å²) in [5.74, 6) is -2.19. The molecule has 1 aliphatic rings. The Bertz CT molecular complexity index is 1040. The summed E-state index contributed by atoms with van der Waals surface area (Å²) in [4.78, 5) is 23.9. The molecule has 1 aromatic carbocycles. The summed E-state index contributed by atoms with van der Waals surface area (Å²) in [5.41, 5.74) is 2.01. The highest BCUT2D eigenvalue weighted by molar-refractivity contribution is 5.95. The fourth-order valence-corrected chi connectivity index (χ4v) is 4.46. The number of aliphatic hydroxyl groups excluding tert-OH is 2. The Morgan fingerprint density at radius 2 is 1.86 bits per heavy atom. The molecule has 3 rings (SSSR count). The van der Waals surface area contributed by atoms with E-state index in [9.17, 15) is 29.3 Å². The quantitative estimate of drug-likeness (QED) is 0.473. The lowest BCUT2D eigenvalue weighted by Crippen LogP contribution is -2.36. The van der Waals surface area contributed by atoms with Gasteiger partial charge in [0.25, 0.3) is 5.91 Å². The number of carboxylic acids is 1. The molecule has 0 radical (unpaired) electrons. The van der Waals surface area contributed by atoms with Crippen LogP contribution in [0.5, 0.6) is 0 Å². The van der Waals surface area contributed by atoms with E-state index in [2.05, 4.69) is 10.4 Å². The molecule has 0 saturated heterocycles. The second kappa shape index (κ2) is 12.1. The standard InChI is InChI=1S/C26H34FN3O5/c1-16(2)24-22(13-12-20(31)14-21(32)15-23(33)34)30(19-10-8-17(27)9-11-19)29-25(24)26(35)28-18-6-4-3-5-7-18/h8-13,16,18,20-21,31-32H,3-7,14-15H2,1-2H3,(H,28,35)(H,33,34)/p-1/b13-12+/t20-,21-/m1/s1. The largest absolute Gasteiger partial charge is 0.550 e. The molecule has 2 atom stereocenters. The van der Waals surface area contributed by atoms with Crippen molar-refractivity contribution in [3.05, 3.63) is 53.1 Å². The van der Waals surface area contributed by atoms with Gasteiger partial charge in [-0.1, -0.05) is 39.2 Å². The number of rotatable bonds is 10. The molecule has 35 heavy (non-hydrogen) atoms. The van der Waals surface area contributed by atoms with E-state index in [-0.39, 0.29) is 30.0 Å². The van der Waals surface area contributed by atoms with E-state index < -0.39 is 30.4 Å². The zero-order chi connectivity index (χ0) is 25.5. The third-order valence-electron chi connectivity index (χ3n) is 6.16. The maximum absolute atomic E-state index is 13.6. The monoisotopic (exact) mass is 486 g/mol. The predicted molar refractivity (Wildman–Crippen MR) is 127 cm³/mol. The van der Waals surface area contributed by atoms with Gasteiger partial charge in [-0.25, -0.2) is 9.07 Å². The molecule has 0 unspecified atom stereocenters. The first-order valence-corrected chi connectivity index (χ1v) is 12.1. The highest BCUT2D eigenvalue weighted by Crippen LogP contribution is 2.29. The molecular weight excluding hydrogens is 453 g/mol. The van der Waals surface area contributed by atoms with Crippen LogP contribution in [0.4, 0.5) is 4.39 Å². The minimum atomic E-state index is -1.40. The fourth-order valence-electron chi connectivity index (χ4n) is 4.46. The van der Waals surface area contributed by atoms with E-state index in [1.807, 2.05) is 13.8 Å². The van der Waals surface area contributed by atoms with Crippen molar-refractivity contribution < 1.29 is 29.3 Å². The SMILES string of the molecule is CC(C)c1c(C(=O)NC2CCCCC2)nn(-c2ccc(F)cc2)c1/C=C/[C@@H](O)C[C@@H](O)CC(=O)[O-]. The van der Waals surface area contributed by atoms with Gasteiger partial charge in [0.05, 0.1) is 23.6 Å². The highest BCUT2D eigenvalue weighted by atomic mass is 19.1. The smallest absolute Gasteiger partial charge is 0.272 e. The average molecular weight is 487 g/mol. The van der Waals surface area contributed by atoms with Crippen LogP contribution in [0.25, 0.3) is 11.8 Å². The van der Waals surface area contributed by atoms with Gasteiger partial charge in [0, 0.05) is 30.4 Å². The van der Waals surface area contributed by atoms with Gasteiger partial charge in [-0.3, -0.25) is 4.79 Å². The molecule has 190 valence electrons. The molecule has 2 aromatic rings. The van der Waals surface area contributed by atoms with Gasteiger partial charge in [-0.2, -0.15) is 5.10 Å². The van der Waals surface area contributed by atoms with Gasteiger partial charge in [-0.15, -0.1) is 0 Å². The van der Waals surface area contributed by atoms with Crippen molar-refractivity contribution >= 4 is 18.0 Å². The summed E-state index contributed by atoms with van der Waals surface area (Å²) in [6.07, 6.45) is 5.00. The number of halogens is 1. The maximum Gasteiger partial charge on any atom is 0.272 e. The van der Waals surface area contributed by atoms with Crippen LogP contribution in [-0.4, -0.2) is 50.1 Å². The number of carbonyl (C=O) groups excluding carboxylic acids is 2. The Balaban J connectivity index is 1.97. The fraction of sp³-hybridized carbons (Fsp3) is 0.500. The summed E-state index contributed by atoms with van der Waals surface area (Å²) in [6.45, 7) is 3.86. The molecule has 1 saturated carbocycles. The molecule has 1 fully saturated rings. The summed E-state index contributed by atoms with van der Waals surface area (Å²) in [5, 5.41) is 38.5. The number of nitrogens with zero attached hydrogens (tertiary/aromatic N) is 2. The third kappa shape index (κ3) is 7.22. The Morgan fingerprint density at radius 1 is 1.20 bits per heavy atom. The van der Waals surface area contributed by atoms with Crippen LogP contribution in [0.1, 0.15) is 86.5 Å². The van der Waals surface area contributed by atoms with Gasteiger partial charge in [0.15, 0.2) is 5.69 Å². The second-order valence-corrected chi connectivity index (χ2v) is 9.39. The van der Waals surface area contributed by atoms with Crippen molar-refractivity contribution in [2.75, 3.05) is 0 Å². The number of carbonyl (C=O) groups is 2. The zero-order valence-corrected chi connectivity index (χ0v) is 20.1. The number of hydrogen-bond acceptors (Lipinski definition) is 6. The first-order valence-electron chi connectivity index (χ1n) is 12.1. The van der Waals surface area contributed by atoms with Gasteiger partial charge in [0.2, 0.25) is 0 Å². The summed E-state index contributed by atoms with van der Waals surface area (Å²) < 4.78 is 15.1. The molecule has 0 bridgehead atoms. The van der Waals surface area contributed by atoms with Crippen molar-refractivity contribution in [3.8, 4) is 5.69 Å². The second-order valence-electron chi connectivity index (χ2n) is 9.39. The first-order chi connectivity index (χ1) is 16.7. The van der Waals surface area contributed by atoms with E-state index in [0.717, 1.165) is 32.1 Å². The summed E-state index contributed by atoms with van der Waals surface area (Å²) >= 11 is 0. The molecule has 3 N–H and O–H groups in total. The van der Waals surface area contributed by atoms with E-state index in [0.29, 0.717) is 16.9 Å². The van der Waals surface area contributed by atoms with E-state index in [1.54, 1.807) is 18.2 Å². The van der Waals surface area contributed by atoms with Crippen molar-refractivity contribution in [2.45, 2.75) is 83.0 Å². The van der Waals surface area contributed by atoms with Crippen LogP contribution in [0.3, 0.4) is 0 Å². The number of benzene rings is 1. The van der Waals surface area contributed by atoms with E-state index >= 15 is 0 Å². The molecule has 0 aliphatic heterocycles. The Labute approximate surface area is 204 Å². The average Bonchev–Trinajstić information content (AvgIpc) is 3.18. The van der Waals surface area contributed by atoms with Gasteiger partial charge >= 0.3 is 0 Å². The summed E-state index contributed by atoms with van der Waals surface area (Å²) in [6, 6.07) is 5.79. The molecule has 1 aliphatic carbocycles. The maximum atomic E-state index is 13.6. The van der Waals surface area contributed by atoms with Crippen LogP contribution < -0.4 is 10.4 Å². The lowest BCUT2D eigenvalue weighted by atomic mass is 9.94. The molecule has 8 nitrogen and oxygen atoms in total. The third-order valence-corrected chi connectivity index (χ3v) is 6.16. The lowest BCUT2D eigenvalue weighted by Gasteiger charge is -2.22. The van der Waals surface area contributed by atoms with Crippen LogP contribution >= 0.6 is 0 Å². The topological polar surface area (TPSA) is 128 Å². The number of amides is 1. The molecule has 1 amide bonds. The predicted octanol–water partition coefficient (Wildman–Crippen LogP) is 2.46. The van der Waals surface area contributed by atoms with Crippen LogP contribution in [0, 0.1) is 5.82 Å². The minimum Gasteiger partial charge on any atom is -0.550 e. The van der Waals surface area contributed by atoms with Crippen molar-refractivity contribution in [2.24, 2.45) is 0 Å².